The van der Waals surface area contributed by atoms with E-state index in [1.165, 1.54) is 5.56 Å². The lowest BCUT2D eigenvalue weighted by Crippen LogP contribution is -2.40. The Hall–Kier alpha value is -4.04. The number of nitrogens with zero attached hydrogens (tertiary/aromatic N) is 1. The van der Waals surface area contributed by atoms with Crippen LogP contribution in [0.4, 0.5) is 0 Å². The molecule has 0 aliphatic carbocycles. The lowest BCUT2D eigenvalue weighted by atomic mass is 10.1. The second-order valence-electron chi connectivity index (χ2n) is 8.59. The van der Waals surface area contributed by atoms with E-state index in [0.29, 0.717) is 47.3 Å². The zero-order valence-corrected chi connectivity index (χ0v) is 20.8. The quantitative estimate of drug-likeness (QED) is 0.347. The molecule has 0 fully saturated rings. The molecule has 4 aromatic rings. The monoisotopic (exact) mass is 501 g/mol. The van der Waals surface area contributed by atoms with Crippen LogP contribution in [0.1, 0.15) is 16.7 Å². The molecule has 0 bridgehead atoms. The van der Waals surface area contributed by atoms with Crippen molar-refractivity contribution in [1.82, 2.24) is 15.2 Å². The van der Waals surface area contributed by atoms with Crippen LogP contribution in [0.5, 0.6) is 17.2 Å². The third-order valence-corrected chi connectivity index (χ3v) is 6.53. The summed E-state index contributed by atoms with van der Waals surface area (Å²) in [6, 6.07) is 23.7. The Balaban J connectivity index is 1.37. The molecular weight excluding hydrogens is 474 g/mol. The van der Waals surface area contributed by atoms with Crippen molar-refractivity contribution in [3.05, 3.63) is 99.8 Å². The molecule has 5 rings (SSSR count). The van der Waals surface area contributed by atoms with Crippen LogP contribution in [0.15, 0.2) is 77.6 Å². The number of thiocarbonyl (C=S) groups is 1. The van der Waals surface area contributed by atoms with Gasteiger partial charge in [0.1, 0.15) is 5.75 Å². The molecule has 0 spiro atoms. The van der Waals surface area contributed by atoms with Crippen molar-refractivity contribution in [2.45, 2.75) is 19.5 Å². The number of hydrogen-bond donors (Lipinski definition) is 2. The Bertz CT molecular complexity index is 1420. The number of methoxy groups -OCH3 is 1. The smallest absolute Gasteiger partial charge is 0.253 e. The van der Waals surface area contributed by atoms with Gasteiger partial charge in [-0.1, -0.05) is 42.5 Å². The molecule has 1 aliphatic rings. The standard InChI is InChI=1S/C28H27N3O4S/c1-33-23-9-7-20(8-10-23)16-31(28(36)29-12-11-19-5-3-2-4-6-19)17-22-13-21-14-25-26(35-18-34-25)15-24(21)30-27(22)32/h2-10,13-15H,11-12,16-18H2,1H3,(H,29,36)(H,30,32). The Morgan fingerprint density at radius 1 is 1.00 bits per heavy atom. The molecule has 0 unspecified atom stereocenters. The van der Waals surface area contributed by atoms with Crippen LogP contribution in [-0.2, 0) is 19.5 Å². The number of H-pyrrole nitrogens is 1. The fraction of sp³-hybridized carbons (Fsp3) is 0.214. The average Bonchev–Trinajstić information content (AvgIpc) is 3.35. The molecule has 7 nitrogen and oxygen atoms in total. The maximum atomic E-state index is 13.0. The Labute approximate surface area is 214 Å². The minimum atomic E-state index is -0.159. The molecule has 3 aromatic carbocycles. The SMILES string of the molecule is COc1ccc(CN(Cc2cc3cc4c(cc3[nH]c2=O)OCO4)C(=S)NCCc2ccccc2)cc1. The third-order valence-electron chi connectivity index (χ3n) is 6.13. The fourth-order valence-electron chi connectivity index (χ4n) is 4.19. The van der Waals surface area contributed by atoms with Crippen molar-refractivity contribution >= 4 is 28.2 Å². The molecule has 8 heteroatoms. The van der Waals surface area contributed by atoms with Crippen molar-refractivity contribution in [2.24, 2.45) is 0 Å². The average molecular weight is 502 g/mol. The summed E-state index contributed by atoms with van der Waals surface area (Å²) in [6.45, 7) is 1.77. The number of rotatable bonds is 8. The van der Waals surface area contributed by atoms with Crippen LogP contribution in [0.2, 0.25) is 0 Å². The summed E-state index contributed by atoms with van der Waals surface area (Å²) in [5.74, 6) is 2.10. The van der Waals surface area contributed by atoms with Crippen molar-refractivity contribution in [2.75, 3.05) is 20.4 Å². The van der Waals surface area contributed by atoms with Crippen LogP contribution in [-0.4, -0.2) is 35.4 Å². The number of pyridine rings is 1. The normalized spacial score (nSPS) is 11.9. The Kier molecular flexibility index (Phi) is 7.04. The highest BCUT2D eigenvalue weighted by Gasteiger charge is 2.18. The van der Waals surface area contributed by atoms with Gasteiger partial charge in [-0.2, -0.15) is 0 Å². The van der Waals surface area contributed by atoms with Crippen LogP contribution in [0.3, 0.4) is 0 Å². The summed E-state index contributed by atoms with van der Waals surface area (Å²) < 4.78 is 16.2. The van der Waals surface area contributed by atoms with Gasteiger partial charge in [0.25, 0.3) is 5.56 Å². The van der Waals surface area contributed by atoms with Crippen LogP contribution < -0.4 is 25.1 Å². The number of aromatic amines is 1. The first-order valence-electron chi connectivity index (χ1n) is 11.7. The highest BCUT2D eigenvalue weighted by molar-refractivity contribution is 7.80. The first kappa shape index (κ1) is 23.7. The largest absolute Gasteiger partial charge is 0.497 e. The van der Waals surface area contributed by atoms with E-state index in [2.05, 4.69) is 22.4 Å². The topological polar surface area (TPSA) is 75.8 Å². The molecule has 0 radical (unpaired) electrons. The lowest BCUT2D eigenvalue weighted by molar-refractivity contribution is 0.174. The van der Waals surface area contributed by atoms with Gasteiger partial charge in [-0.25, -0.2) is 0 Å². The fourth-order valence-corrected chi connectivity index (χ4v) is 4.42. The highest BCUT2D eigenvalue weighted by atomic mass is 32.1. The summed E-state index contributed by atoms with van der Waals surface area (Å²) in [7, 11) is 1.64. The second-order valence-corrected chi connectivity index (χ2v) is 8.97. The van der Waals surface area contributed by atoms with E-state index in [1.807, 2.05) is 59.5 Å². The third kappa shape index (κ3) is 5.44. The predicted octanol–water partition coefficient (Wildman–Crippen LogP) is 4.38. The summed E-state index contributed by atoms with van der Waals surface area (Å²) in [6.07, 6.45) is 0.848. The van der Waals surface area contributed by atoms with Gasteiger partial charge < -0.3 is 29.4 Å². The maximum absolute atomic E-state index is 13.0. The van der Waals surface area contributed by atoms with Crippen LogP contribution >= 0.6 is 12.2 Å². The molecular formula is C28H27N3O4S. The molecule has 184 valence electrons. The molecule has 0 amide bonds. The number of aromatic nitrogens is 1. The second kappa shape index (κ2) is 10.7. The van der Waals surface area contributed by atoms with Crippen molar-refractivity contribution in [3.8, 4) is 17.2 Å². The molecule has 0 saturated carbocycles. The number of hydrogen-bond acceptors (Lipinski definition) is 5. The van der Waals surface area contributed by atoms with E-state index in [1.54, 1.807) is 13.2 Å². The number of fused-ring (bicyclic) bond motifs is 2. The lowest BCUT2D eigenvalue weighted by Gasteiger charge is -2.26. The minimum Gasteiger partial charge on any atom is -0.497 e. The van der Waals surface area contributed by atoms with Gasteiger partial charge in [-0.05, 0) is 54.0 Å². The van der Waals surface area contributed by atoms with E-state index < -0.39 is 0 Å². The van der Waals surface area contributed by atoms with E-state index in [0.717, 1.165) is 23.1 Å². The van der Waals surface area contributed by atoms with E-state index in [-0.39, 0.29) is 12.4 Å². The molecule has 36 heavy (non-hydrogen) atoms. The van der Waals surface area contributed by atoms with Crippen molar-refractivity contribution in [3.63, 3.8) is 0 Å². The summed E-state index contributed by atoms with van der Waals surface area (Å²) >= 11 is 5.78. The van der Waals surface area contributed by atoms with Gasteiger partial charge in [-0.3, -0.25) is 4.79 Å². The van der Waals surface area contributed by atoms with E-state index in [4.69, 9.17) is 26.4 Å². The number of benzene rings is 3. The van der Waals surface area contributed by atoms with Crippen LogP contribution in [0.25, 0.3) is 10.9 Å². The summed E-state index contributed by atoms with van der Waals surface area (Å²) in [5, 5.41) is 4.83. The van der Waals surface area contributed by atoms with Crippen molar-refractivity contribution in [1.29, 1.82) is 0 Å². The van der Waals surface area contributed by atoms with E-state index in [9.17, 15) is 4.79 Å². The maximum Gasteiger partial charge on any atom is 0.253 e. The van der Waals surface area contributed by atoms with Gasteiger partial charge >= 0.3 is 0 Å². The molecule has 2 N–H and O–H groups in total. The molecule has 1 aromatic heterocycles. The first-order chi connectivity index (χ1) is 17.6. The van der Waals surface area contributed by atoms with Gasteiger partial charge in [0, 0.05) is 30.1 Å². The van der Waals surface area contributed by atoms with Gasteiger partial charge in [0.15, 0.2) is 16.6 Å². The first-order valence-corrected chi connectivity index (χ1v) is 12.1. The zero-order chi connectivity index (χ0) is 24.9. The zero-order valence-electron chi connectivity index (χ0n) is 20.0. The Morgan fingerprint density at radius 2 is 1.75 bits per heavy atom. The van der Waals surface area contributed by atoms with Crippen LogP contribution in [0, 0.1) is 0 Å². The molecule has 0 saturated heterocycles. The summed E-state index contributed by atoms with van der Waals surface area (Å²) in [5.41, 5.74) is 3.45. The predicted molar refractivity (Wildman–Crippen MR) is 144 cm³/mol. The number of nitrogens with one attached hydrogen (secondary N) is 2. The highest BCUT2D eigenvalue weighted by Crippen LogP contribution is 2.35. The summed E-state index contributed by atoms with van der Waals surface area (Å²) in [4.78, 5) is 18.0. The minimum absolute atomic E-state index is 0.159. The molecule has 1 aliphatic heterocycles. The molecule has 2 heterocycles. The van der Waals surface area contributed by atoms with Gasteiger partial charge in [0.2, 0.25) is 6.79 Å². The molecule has 0 atom stereocenters. The van der Waals surface area contributed by atoms with Crippen molar-refractivity contribution < 1.29 is 14.2 Å². The van der Waals surface area contributed by atoms with E-state index >= 15 is 0 Å². The number of ether oxygens (including phenoxy) is 3. The van der Waals surface area contributed by atoms with Gasteiger partial charge in [0.05, 0.1) is 19.2 Å². The van der Waals surface area contributed by atoms with Gasteiger partial charge in [-0.15, -0.1) is 0 Å². The Morgan fingerprint density at radius 3 is 2.50 bits per heavy atom.